The van der Waals surface area contributed by atoms with E-state index in [1.54, 1.807) is 24.0 Å². The number of thioether (sulfide) groups is 1. The highest BCUT2D eigenvalue weighted by atomic mass is 32.2. The number of anilines is 2. The molecule has 0 spiro atoms. The third-order valence-corrected chi connectivity index (χ3v) is 5.40. The van der Waals surface area contributed by atoms with Crippen LogP contribution in [-0.4, -0.2) is 47.4 Å². The number of fused-ring (bicyclic) bond motifs is 1. The van der Waals surface area contributed by atoms with E-state index < -0.39 is 0 Å². The number of rotatable bonds is 3. The molecule has 0 radical (unpaired) electrons. The van der Waals surface area contributed by atoms with Gasteiger partial charge in [-0.25, -0.2) is 15.0 Å². The van der Waals surface area contributed by atoms with Gasteiger partial charge in [-0.1, -0.05) is 11.8 Å². The molecule has 0 unspecified atom stereocenters. The summed E-state index contributed by atoms with van der Waals surface area (Å²) < 4.78 is 0. The maximum Gasteiger partial charge on any atom is 0.189 e. The lowest BCUT2D eigenvalue weighted by molar-refractivity contribution is 0.635. The van der Waals surface area contributed by atoms with Crippen molar-refractivity contribution < 1.29 is 0 Å². The SMILES string of the molecule is CSc1nc2c(c(N3CCN(c4cc(C#N)ccn4)CC3)n1)CCC2. The number of nitriles is 1. The highest BCUT2D eigenvalue weighted by Crippen LogP contribution is 2.31. The first kappa shape index (κ1) is 16.2. The van der Waals surface area contributed by atoms with Crippen LogP contribution >= 0.6 is 11.8 Å². The quantitative estimate of drug-likeness (QED) is 0.620. The van der Waals surface area contributed by atoms with Gasteiger partial charge >= 0.3 is 0 Å². The molecule has 2 aromatic rings. The molecule has 2 aliphatic rings. The predicted octanol–water partition coefficient (Wildman–Crippen LogP) is 2.28. The van der Waals surface area contributed by atoms with Crippen LogP contribution in [0.4, 0.5) is 11.6 Å². The number of pyridine rings is 1. The lowest BCUT2D eigenvalue weighted by Gasteiger charge is -2.36. The van der Waals surface area contributed by atoms with E-state index in [0.29, 0.717) is 5.56 Å². The molecule has 7 heteroatoms. The lowest BCUT2D eigenvalue weighted by atomic mass is 10.2. The smallest absolute Gasteiger partial charge is 0.189 e. The van der Waals surface area contributed by atoms with Crippen molar-refractivity contribution in [3.8, 4) is 6.07 Å². The topological polar surface area (TPSA) is 68.9 Å². The second kappa shape index (κ2) is 6.89. The first-order valence-electron chi connectivity index (χ1n) is 8.58. The molecule has 0 saturated carbocycles. The summed E-state index contributed by atoms with van der Waals surface area (Å²) in [5.41, 5.74) is 3.24. The molecule has 1 saturated heterocycles. The Morgan fingerprint density at radius 1 is 1.12 bits per heavy atom. The number of aryl methyl sites for hydroxylation is 1. The lowest BCUT2D eigenvalue weighted by Crippen LogP contribution is -2.47. The molecule has 4 rings (SSSR count). The standard InChI is InChI=1S/C18H20N6S/c1-25-18-21-15-4-2-3-14(15)17(22-18)24-9-7-23(8-10-24)16-11-13(12-19)5-6-20-16/h5-6,11H,2-4,7-10H2,1H3. The number of hydrogen-bond donors (Lipinski definition) is 0. The zero-order chi connectivity index (χ0) is 17.2. The third-order valence-electron chi connectivity index (χ3n) is 4.85. The molecule has 0 N–H and O–H groups in total. The molecule has 1 fully saturated rings. The van der Waals surface area contributed by atoms with E-state index in [1.165, 1.54) is 17.7 Å². The maximum absolute atomic E-state index is 9.07. The molecule has 0 aromatic carbocycles. The van der Waals surface area contributed by atoms with Gasteiger partial charge in [0.05, 0.1) is 17.3 Å². The third kappa shape index (κ3) is 3.14. The van der Waals surface area contributed by atoms with Crippen LogP contribution in [0.1, 0.15) is 23.2 Å². The van der Waals surface area contributed by atoms with Gasteiger partial charge in [0.2, 0.25) is 0 Å². The number of piperazine rings is 1. The minimum absolute atomic E-state index is 0.658. The van der Waals surface area contributed by atoms with E-state index in [1.807, 2.05) is 12.3 Å². The summed E-state index contributed by atoms with van der Waals surface area (Å²) in [4.78, 5) is 18.5. The van der Waals surface area contributed by atoms with E-state index in [4.69, 9.17) is 10.2 Å². The normalized spacial score (nSPS) is 16.6. The van der Waals surface area contributed by atoms with Gasteiger partial charge in [-0.05, 0) is 37.7 Å². The van der Waals surface area contributed by atoms with Gasteiger partial charge in [0, 0.05) is 37.9 Å². The molecule has 0 bridgehead atoms. The van der Waals surface area contributed by atoms with Gasteiger partial charge in [-0.15, -0.1) is 0 Å². The number of hydrogen-bond acceptors (Lipinski definition) is 7. The zero-order valence-electron chi connectivity index (χ0n) is 14.3. The van der Waals surface area contributed by atoms with Gasteiger partial charge in [0.15, 0.2) is 5.16 Å². The molecule has 0 amide bonds. The summed E-state index contributed by atoms with van der Waals surface area (Å²) in [5, 5.41) is 9.95. The zero-order valence-corrected chi connectivity index (χ0v) is 15.1. The van der Waals surface area contributed by atoms with Crippen LogP contribution in [0.15, 0.2) is 23.5 Å². The fourth-order valence-corrected chi connectivity index (χ4v) is 3.93. The van der Waals surface area contributed by atoms with Crippen LogP contribution in [0.5, 0.6) is 0 Å². The Morgan fingerprint density at radius 3 is 2.68 bits per heavy atom. The first-order chi connectivity index (χ1) is 12.3. The Bertz CT molecular complexity index is 823. The first-order valence-corrected chi connectivity index (χ1v) is 9.81. The second-order valence-corrected chi connectivity index (χ2v) is 7.07. The van der Waals surface area contributed by atoms with Crippen LogP contribution in [0, 0.1) is 11.3 Å². The Balaban J connectivity index is 1.53. The Hall–Kier alpha value is -2.33. The molecule has 0 atom stereocenters. The summed E-state index contributed by atoms with van der Waals surface area (Å²) in [5.74, 6) is 2.02. The number of aromatic nitrogens is 3. The summed E-state index contributed by atoms with van der Waals surface area (Å²) in [7, 11) is 0. The van der Waals surface area contributed by atoms with Crippen LogP contribution in [-0.2, 0) is 12.8 Å². The molecule has 25 heavy (non-hydrogen) atoms. The molecule has 6 nitrogen and oxygen atoms in total. The Labute approximate surface area is 151 Å². The minimum atomic E-state index is 0.658. The summed E-state index contributed by atoms with van der Waals surface area (Å²) >= 11 is 1.61. The van der Waals surface area contributed by atoms with Gasteiger partial charge in [-0.2, -0.15) is 5.26 Å². The fourth-order valence-electron chi connectivity index (χ4n) is 3.55. The number of nitrogens with zero attached hydrogens (tertiary/aromatic N) is 6. The van der Waals surface area contributed by atoms with Crippen molar-refractivity contribution in [2.24, 2.45) is 0 Å². The minimum Gasteiger partial charge on any atom is -0.353 e. The van der Waals surface area contributed by atoms with Crippen LogP contribution in [0.2, 0.25) is 0 Å². The molecule has 128 valence electrons. The molecule has 1 aliphatic heterocycles. The van der Waals surface area contributed by atoms with E-state index in [0.717, 1.165) is 55.8 Å². The molecule has 3 heterocycles. The summed E-state index contributed by atoms with van der Waals surface area (Å²) in [6.45, 7) is 3.59. The van der Waals surface area contributed by atoms with Crippen LogP contribution < -0.4 is 9.80 Å². The van der Waals surface area contributed by atoms with Crippen LogP contribution in [0.3, 0.4) is 0 Å². The maximum atomic E-state index is 9.07. The largest absolute Gasteiger partial charge is 0.353 e. The van der Waals surface area contributed by atoms with Crippen LogP contribution in [0.25, 0.3) is 0 Å². The molecular formula is C18H20N6S. The highest BCUT2D eigenvalue weighted by molar-refractivity contribution is 7.98. The highest BCUT2D eigenvalue weighted by Gasteiger charge is 2.26. The Kier molecular flexibility index (Phi) is 4.45. The van der Waals surface area contributed by atoms with Gasteiger partial charge in [0.25, 0.3) is 0 Å². The average molecular weight is 352 g/mol. The monoisotopic (exact) mass is 352 g/mol. The van der Waals surface area contributed by atoms with Crippen molar-refractivity contribution in [1.82, 2.24) is 15.0 Å². The molecule has 2 aromatic heterocycles. The second-order valence-electron chi connectivity index (χ2n) is 6.30. The van der Waals surface area contributed by atoms with E-state index in [-0.39, 0.29) is 0 Å². The van der Waals surface area contributed by atoms with Crippen molar-refractivity contribution in [3.63, 3.8) is 0 Å². The molecular weight excluding hydrogens is 332 g/mol. The molecule has 1 aliphatic carbocycles. The average Bonchev–Trinajstić information content (AvgIpc) is 3.16. The van der Waals surface area contributed by atoms with E-state index in [9.17, 15) is 0 Å². The van der Waals surface area contributed by atoms with Gasteiger partial charge < -0.3 is 9.80 Å². The van der Waals surface area contributed by atoms with E-state index in [2.05, 4.69) is 25.8 Å². The van der Waals surface area contributed by atoms with Gasteiger partial charge in [0.1, 0.15) is 11.6 Å². The van der Waals surface area contributed by atoms with Gasteiger partial charge in [-0.3, -0.25) is 0 Å². The Morgan fingerprint density at radius 2 is 1.92 bits per heavy atom. The van der Waals surface area contributed by atoms with E-state index >= 15 is 0 Å². The van der Waals surface area contributed by atoms with Crippen molar-refractivity contribution in [2.45, 2.75) is 24.4 Å². The van der Waals surface area contributed by atoms with Crippen molar-refractivity contribution in [1.29, 1.82) is 5.26 Å². The fraction of sp³-hybridized carbons (Fsp3) is 0.444. The van der Waals surface area contributed by atoms with Crippen molar-refractivity contribution in [3.05, 3.63) is 35.2 Å². The summed E-state index contributed by atoms with van der Waals surface area (Å²) in [6, 6.07) is 5.79. The summed E-state index contributed by atoms with van der Waals surface area (Å²) in [6.07, 6.45) is 7.09. The van der Waals surface area contributed by atoms with Crippen molar-refractivity contribution in [2.75, 3.05) is 42.2 Å². The van der Waals surface area contributed by atoms with Crippen molar-refractivity contribution >= 4 is 23.4 Å². The predicted molar refractivity (Wildman–Crippen MR) is 99.2 cm³/mol.